The van der Waals surface area contributed by atoms with Crippen LogP contribution in [0.3, 0.4) is 0 Å². The largest absolute Gasteiger partial charge is 0.630 e. The van der Waals surface area contributed by atoms with E-state index in [1.54, 1.807) is 0 Å². The van der Waals surface area contributed by atoms with Crippen LogP contribution >= 0.6 is 19.5 Å². The number of carbonyl (C=O) groups is 1. The van der Waals surface area contributed by atoms with Gasteiger partial charge in [-0.1, -0.05) is 68.1 Å². The minimum absolute atomic E-state index is 0.141. The monoisotopic (exact) mass is 405 g/mol. The van der Waals surface area contributed by atoms with Crippen molar-refractivity contribution in [3.05, 3.63) is 36.4 Å². The Morgan fingerprint density at radius 2 is 2.00 bits per heavy atom. The maximum absolute atomic E-state index is 12.5. The van der Waals surface area contributed by atoms with E-state index in [4.69, 9.17) is 0 Å². The highest BCUT2D eigenvalue weighted by Crippen LogP contribution is 2.33. The summed E-state index contributed by atoms with van der Waals surface area (Å²) in [6.45, 7) is 0. The van der Waals surface area contributed by atoms with Crippen molar-refractivity contribution in [2.75, 3.05) is 5.49 Å². The highest BCUT2D eigenvalue weighted by atomic mass is 32.2. The molecule has 1 aliphatic rings. The molecule has 1 aromatic carbocycles. The number of pyridine rings is 1. The predicted molar refractivity (Wildman–Crippen MR) is 109 cm³/mol. The molecule has 0 saturated heterocycles. The van der Waals surface area contributed by atoms with Crippen LogP contribution in [0.4, 0.5) is 0 Å². The summed E-state index contributed by atoms with van der Waals surface area (Å²) in [6, 6.07) is 11.6. The van der Waals surface area contributed by atoms with Crippen molar-refractivity contribution in [1.29, 1.82) is 0 Å². The van der Waals surface area contributed by atoms with Crippen molar-refractivity contribution in [2.24, 2.45) is 5.92 Å². The average Bonchev–Trinajstić information content (AvgIpc) is 2.67. The number of hydrogen-bond donors (Lipinski definition) is 2. The van der Waals surface area contributed by atoms with Crippen LogP contribution in [0.2, 0.25) is 0 Å². The van der Waals surface area contributed by atoms with Crippen molar-refractivity contribution in [2.45, 2.75) is 49.2 Å². The third-order valence-corrected chi connectivity index (χ3v) is 7.74. The number of carboxylic acid groups (broad SMARTS) is 1. The topological polar surface area (TPSA) is 93.5 Å². The summed E-state index contributed by atoms with van der Waals surface area (Å²) in [6.07, 6.45) is 5.29. The molecule has 0 bridgehead atoms. The van der Waals surface area contributed by atoms with E-state index < -0.39 is 19.3 Å². The number of aliphatic carboxylic acids is 1. The lowest BCUT2D eigenvalue weighted by molar-refractivity contribution is -0.156. The van der Waals surface area contributed by atoms with E-state index in [0.29, 0.717) is 0 Å². The molecule has 1 fully saturated rings. The second-order valence-electron chi connectivity index (χ2n) is 7.10. The molecule has 1 aromatic heterocycles. The van der Waals surface area contributed by atoms with E-state index in [1.165, 1.54) is 11.8 Å². The van der Waals surface area contributed by atoms with Crippen molar-refractivity contribution < 1.29 is 19.9 Å². The maximum atomic E-state index is 12.5. The van der Waals surface area contributed by atoms with E-state index in [9.17, 15) is 19.9 Å². The molecule has 2 atom stereocenters. The molecule has 0 spiro atoms. The second-order valence-corrected chi connectivity index (χ2v) is 9.93. The van der Waals surface area contributed by atoms with Gasteiger partial charge < -0.3 is 15.1 Å². The molecule has 0 radical (unpaired) electrons. The van der Waals surface area contributed by atoms with Crippen LogP contribution in [-0.4, -0.2) is 38.1 Å². The number of rotatable bonds is 7. The van der Waals surface area contributed by atoms with Crippen LogP contribution in [-0.2, 0) is 4.79 Å². The molecule has 2 N–H and O–H groups in total. The first-order valence-corrected chi connectivity index (χ1v) is 11.7. The Kier molecular flexibility index (Phi) is 6.88. The number of benzene rings is 1. The average molecular weight is 405 g/mol. The number of fused-ring (bicyclic) bond motifs is 1. The number of nitrogens with zero attached hydrogens (tertiary/aromatic N) is 1. The lowest BCUT2D eigenvalue weighted by atomic mass is 9.81. The summed E-state index contributed by atoms with van der Waals surface area (Å²) >= 11 is 1.31. The van der Waals surface area contributed by atoms with Gasteiger partial charge in [0.05, 0.1) is 13.3 Å². The lowest BCUT2D eigenvalue weighted by Crippen LogP contribution is -2.42. The number of aliphatic hydroxyl groups is 1. The minimum atomic E-state index is -2.02. The Morgan fingerprint density at radius 3 is 2.74 bits per heavy atom. The van der Waals surface area contributed by atoms with Gasteiger partial charge in [0.25, 0.3) is 0 Å². The molecule has 144 valence electrons. The fourth-order valence-electron chi connectivity index (χ4n) is 3.56. The minimum Gasteiger partial charge on any atom is -0.630 e. The molecular formula is C20H24NO4PS. The zero-order valence-electron chi connectivity index (χ0n) is 15.1. The summed E-state index contributed by atoms with van der Waals surface area (Å²) in [5.41, 5.74) is -0.964. The van der Waals surface area contributed by atoms with E-state index >= 15 is 0 Å². The van der Waals surface area contributed by atoms with Crippen LogP contribution in [0.5, 0.6) is 0 Å². The summed E-state index contributed by atoms with van der Waals surface area (Å²) in [4.78, 5) is 28.6. The quantitative estimate of drug-likeness (QED) is 0.540. The third kappa shape index (κ3) is 5.52. The van der Waals surface area contributed by atoms with Crippen LogP contribution in [0.1, 0.15) is 38.5 Å². The van der Waals surface area contributed by atoms with Gasteiger partial charge in [-0.25, -0.2) is 9.78 Å². The molecular weight excluding hydrogens is 381 g/mol. The number of thioether (sulfide) groups is 1. The van der Waals surface area contributed by atoms with Gasteiger partial charge in [0.1, 0.15) is 10.8 Å². The first-order chi connectivity index (χ1) is 13.0. The zero-order chi connectivity index (χ0) is 19.3. The van der Waals surface area contributed by atoms with E-state index in [2.05, 4.69) is 4.98 Å². The smallest absolute Gasteiger partial charge is 0.343 e. The fourth-order valence-corrected chi connectivity index (χ4v) is 5.92. The molecule has 1 aliphatic carbocycles. The first-order valence-electron chi connectivity index (χ1n) is 9.20. The van der Waals surface area contributed by atoms with E-state index in [0.717, 1.165) is 53.8 Å². The molecule has 2 unspecified atom stereocenters. The van der Waals surface area contributed by atoms with E-state index in [1.807, 2.05) is 36.4 Å². The molecule has 7 heteroatoms. The number of aromatic nitrogens is 1. The van der Waals surface area contributed by atoms with Crippen LogP contribution < -0.4 is 4.89 Å². The maximum Gasteiger partial charge on any atom is 0.343 e. The Balaban J connectivity index is 1.66. The fraction of sp³-hybridized carbons (Fsp3) is 0.450. The Morgan fingerprint density at radius 1 is 1.26 bits per heavy atom. The van der Waals surface area contributed by atoms with Crippen molar-refractivity contribution in [3.8, 4) is 0 Å². The van der Waals surface area contributed by atoms with Gasteiger partial charge in [-0.2, -0.15) is 0 Å². The van der Waals surface area contributed by atoms with Gasteiger partial charge in [-0.05, 0) is 24.5 Å². The highest BCUT2D eigenvalue weighted by molar-refractivity contribution is 8.04. The van der Waals surface area contributed by atoms with E-state index in [-0.39, 0.29) is 17.8 Å². The third-order valence-electron chi connectivity index (χ3n) is 4.97. The molecule has 0 amide bonds. The van der Waals surface area contributed by atoms with Crippen LogP contribution in [0, 0.1) is 5.92 Å². The summed E-state index contributed by atoms with van der Waals surface area (Å²) in [7, 11) is -1.98. The summed E-state index contributed by atoms with van der Waals surface area (Å²) in [5.74, 6) is -0.00703. The van der Waals surface area contributed by atoms with Crippen molar-refractivity contribution >= 4 is 42.2 Å². The van der Waals surface area contributed by atoms with Gasteiger partial charge in [-0.3, -0.25) is 0 Å². The molecule has 1 heterocycles. The van der Waals surface area contributed by atoms with Gasteiger partial charge >= 0.3 is 5.97 Å². The summed E-state index contributed by atoms with van der Waals surface area (Å²) < 4.78 is 0. The second kappa shape index (κ2) is 9.16. The molecule has 2 aromatic rings. The van der Waals surface area contributed by atoms with Crippen LogP contribution in [0.15, 0.2) is 41.4 Å². The summed E-state index contributed by atoms with van der Waals surface area (Å²) in [5, 5.41) is 21.8. The Bertz CT molecular complexity index is 838. The molecule has 3 rings (SSSR count). The molecule has 0 aliphatic heterocycles. The predicted octanol–water partition coefficient (Wildman–Crippen LogP) is 3.63. The Hall–Kier alpha value is -1.46. The zero-order valence-corrected chi connectivity index (χ0v) is 16.8. The number of carboxylic acids is 1. The normalized spacial score (nSPS) is 18.4. The highest BCUT2D eigenvalue weighted by Gasteiger charge is 2.39. The first kappa shape index (κ1) is 20.3. The van der Waals surface area contributed by atoms with Crippen molar-refractivity contribution in [3.63, 3.8) is 0 Å². The lowest BCUT2D eigenvalue weighted by Gasteiger charge is -2.27. The SMILES string of the molecule is O=C(O)C(O)(C=[P+]([O-])CSc1ccc2ccccc2n1)CC1CCCCC1. The van der Waals surface area contributed by atoms with Crippen molar-refractivity contribution in [1.82, 2.24) is 4.98 Å². The van der Waals surface area contributed by atoms with Crippen LogP contribution in [0.25, 0.3) is 10.9 Å². The number of hydrogen-bond acceptors (Lipinski definition) is 5. The molecule has 5 nitrogen and oxygen atoms in total. The van der Waals surface area contributed by atoms with Gasteiger partial charge in [0.2, 0.25) is 5.60 Å². The van der Waals surface area contributed by atoms with Gasteiger partial charge in [0.15, 0.2) is 5.49 Å². The molecule has 1 saturated carbocycles. The molecule has 27 heavy (non-hydrogen) atoms. The Labute approximate surface area is 164 Å². The van der Waals surface area contributed by atoms with Gasteiger partial charge in [0, 0.05) is 5.39 Å². The standard InChI is InChI=1S/C20H24NO4PS/c22-19(23)20(24,12-15-6-2-1-3-7-15)13-26(25)14-27-18-11-10-16-8-4-5-9-17(16)21-18/h4-5,8-11,13,15,24H,1-3,6-7,12,14H2,(H,22,23). The van der Waals surface area contributed by atoms with Gasteiger partial charge in [-0.15, -0.1) is 0 Å². The number of para-hydroxylation sites is 1.